The van der Waals surface area contributed by atoms with E-state index in [1.807, 2.05) is 30.3 Å². The molecular formula is C16H21Cl3N2O3-2. The van der Waals surface area contributed by atoms with Gasteiger partial charge in [0.1, 0.15) is 17.3 Å². The number of hydrogen-bond donors (Lipinski definition) is 3. The quantitative estimate of drug-likeness (QED) is 0.381. The van der Waals surface area contributed by atoms with Gasteiger partial charge in [-0.3, -0.25) is 0 Å². The van der Waals surface area contributed by atoms with Gasteiger partial charge in [-0.1, -0.05) is 11.6 Å². The molecule has 3 N–H and O–H groups in total. The van der Waals surface area contributed by atoms with Crippen LogP contribution in [-0.4, -0.2) is 38.5 Å². The molecule has 0 unspecified atom stereocenters. The second-order valence-electron chi connectivity index (χ2n) is 4.77. The van der Waals surface area contributed by atoms with Gasteiger partial charge in [0.05, 0.1) is 25.3 Å². The Bertz CT molecular complexity index is 594. The van der Waals surface area contributed by atoms with Crippen molar-refractivity contribution in [1.29, 1.82) is 0 Å². The van der Waals surface area contributed by atoms with E-state index in [0.29, 0.717) is 23.9 Å². The molecular weight excluding hydrogens is 375 g/mol. The third kappa shape index (κ3) is 6.89. The molecule has 8 heteroatoms. The number of methoxy groups -OCH3 is 1. The highest BCUT2D eigenvalue weighted by Gasteiger charge is 2.08. The molecule has 2 rings (SSSR count). The summed E-state index contributed by atoms with van der Waals surface area (Å²) in [6, 6.07) is 9.44. The molecule has 0 aliphatic carbocycles. The third-order valence-corrected chi connectivity index (χ3v) is 3.46. The fourth-order valence-corrected chi connectivity index (χ4v) is 2.30. The topological polar surface area (TPSA) is 66.7 Å². The van der Waals surface area contributed by atoms with Crippen molar-refractivity contribution in [2.75, 3.05) is 33.4 Å². The number of rotatable bonds is 9. The fraction of sp³-hybridized carbons (Fsp3) is 0.375. The van der Waals surface area contributed by atoms with Gasteiger partial charge in [-0.05, 0) is 30.3 Å². The lowest BCUT2D eigenvalue weighted by molar-refractivity contribution is -0.001000. The van der Waals surface area contributed by atoms with Gasteiger partial charge in [0, 0.05) is 25.2 Å². The van der Waals surface area contributed by atoms with E-state index >= 15 is 0 Å². The van der Waals surface area contributed by atoms with Crippen molar-refractivity contribution in [2.24, 2.45) is 0 Å². The average molecular weight is 396 g/mol. The Morgan fingerprint density at radius 1 is 1.08 bits per heavy atom. The molecule has 1 heterocycles. The number of nitrogens with one attached hydrogen (secondary N) is 2. The normalized spacial score (nSPS) is 9.96. The summed E-state index contributed by atoms with van der Waals surface area (Å²) < 4.78 is 10.9. The summed E-state index contributed by atoms with van der Waals surface area (Å²) in [5.41, 5.74) is 0.918. The van der Waals surface area contributed by atoms with Gasteiger partial charge in [0.25, 0.3) is 0 Å². The molecule has 1 aromatic carbocycles. The summed E-state index contributed by atoms with van der Waals surface area (Å²) in [5, 5.41) is 15.6. The number of halogens is 3. The summed E-state index contributed by atoms with van der Waals surface area (Å²) in [6.07, 6.45) is 0. The molecule has 0 saturated heterocycles. The maximum Gasteiger partial charge on any atom is 0.137 e. The van der Waals surface area contributed by atoms with Crippen LogP contribution in [0.2, 0.25) is 5.02 Å². The number of ether oxygens (including phenoxy) is 1. The van der Waals surface area contributed by atoms with Crippen molar-refractivity contribution in [3.63, 3.8) is 0 Å². The summed E-state index contributed by atoms with van der Waals surface area (Å²) in [4.78, 5) is 0. The highest BCUT2D eigenvalue weighted by atomic mass is 35.5. The maximum absolute atomic E-state index is 8.65. The minimum atomic E-state index is 0. The number of hydrogen-bond acceptors (Lipinski definition) is 5. The van der Waals surface area contributed by atoms with E-state index in [1.54, 1.807) is 7.11 Å². The van der Waals surface area contributed by atoms with Crippen molar-refractivity contribution in [3.8, 4) is 17.1 Å². The number of aliphatic hydroxyl groups is 1. The monoisotopic (exact) mass is 394 g/mol. The lowest BCUT2D eigenvalue weighted by atomic mass is 10.2. The molecule has 0 atom stereocenters. The molecule has 24 heavy (non-hydrogen) atoms. The largest absolute Gasteiger partial charge is 1.00 e. The average Bonchev–Trinajstić information content (AvgIpc) is 2.99. The zero-order chi connectivity index (χ0) is 15.8. The van der Waals surface area contributed by atoms with Gasteiger partial charge in [0.2, 0.25) is 0 Å². The maximum atomic E-state index is 8.65. The van der Waals surface area contributed by atoms with Crippen molar-refractivity contribution in [2.45, 2.75) is 6.54 Å². The second kappa shape index (κ2) is 12.4. The van der Waals surface area contributed by atoms with E-state index in [4.69, 9.17) is 25.9 Å². The van der Waals surface area contributed by atoms with Crippen LogP contribution in [0.4, 0.5) is 0 Å². The minimum Gasteiger partial charge on any atom is -1.00 e. The van der Waals surface area contributed by atoms with Gasteiger partial charge in [-0.15, -0.1) is 0 Å². The highest BCUT2D eigenvalue weighted by Crippen LogP contribution is 2.30. The molecule has 0 saturated carbocycles. The first-order valence-corrected chi connectivity index (χ1v) is 7.57. The summed E-state index contributed by atoms with van der Waals surface area (Å²) in [7, 11) is 1.59. The molecule has 0 spiro atoms. The standard InChI is InChI=1S/C16H21ClN2O3.2ClH/c1-21-16-4-2-12(10-14(16)17)15-5-3-13(22-15)11-19-7-6-18-8-9-20;;/h2-5,10,18-20H,6-9,11H2,1H3;2*1H/p-2. The minimum absolute atomic E-state index is 0. The van der Waals surface area contributed by atoms with Crippen LogP contribution < -0.4 is 40.2 Å². The van der Waals surface area contributed by atoms with Gasteiger partial charge in [0.15, 0.2) is 0 Å². The van der Waals surface area contributed by atoms with Crippen LogP contribution in [0.1, 0.15) is 5.76 Å². The molecule has 1 aromatic heterocycles. The fourth-order valence-electron chi connectivity index (χ4n) is 2.04. The molecule has 0 radical (unpaired) electrons. The van der Waals surface area contributed by atoms with E-state index in [2.05, 4.69) is 10.6 Å². The Morgan fingerprint density at radius 3 is 2.50 bits per heavy atom. The van der Waals surface area contributed by atoms with Crippen molar-refractivity contribution < 1.29 is 39.1 Å². The van der Waals surface area contributed by atoms with Gasteiger partial charge >= 0.3 is 0 Å². The lowest BCUT2D eigenvalue weighted by Crippen LogP contribution is -3.00. The Kier molecular flexibility index (Phi) is 11.9. The van der Waals surface area contributed by atoms with E-state index in [-0.39, 0.29) is 31.4 Å². The van der Waals surface area contributed by atoms with Crippen molar-refractivity contribution in [3.05, 3.63) is 41.1 Å². The zero-order valence-corrected chi connectivity index (χ0v) is 15.6. The molecule has 0 bridgehead atoms. The zero-order valence-electron chi connectivity index (χ0n) is 13.3. The second-order valence-corrected chi connectivity index (χ2v) is 5.17. The van der Waals surface area contributed by atoms with E-state index in [9.17, 15) is 0 Å². The Hall–Kier alpha value is -0.950. The predicted octanol–water partition coefficient (Wildman–Crippen LogP) is -3.71. The lowest BCUT2D eigenvalue weighted by Gasteiger charge is -2.05. The molecule has 5 nitrogen and oxygen atoms in total. The third-order valence-electron chi connectivity index (χ3n) is 3.16. The van der Waals surface area contributed by atoms with E-state index in [0.717, 1.165) is 30.2 Å². The van der Waals surface area contributed by atoms with Crippen molar-refractivity contribution in [1.82, 2.24) is 10.6 Å². The molecule has 0 amide bonds. The smallest absolute Gasteiger partial charge is 0.137 e. The number of benzene rings is 1. The summed E-state index contributed by atoms with van der Waals surface area (Å²) >= 11 is 6.13. The first-order valence-electron chi connectivity index (χ1n) is 7.19. The molecule has 136 valence electrons. The van der Waals surface area contributed by atoms with Crippen LogP contribution >= 0.6 is 11.6 Å². The van der Waals surface area contributed by atoms with Crippen molar-refractivity contribution >= 4 is 11.6 Å². The predicted molar refractivity (Wildman–Crippen MR) is 87.4 cm³/mol. The Balaban J connectivity index is 0.00000264. The molecule has 2 aromatic rings. The van der Waals surface area contributed by atoms with Gasteiger partial charge in [-0.2, -0.15) is 0 Å². The van der Waals surface area contributed by atoms with Crippen LogP contribution in [0, 0.1) is 0 Å². The first-order chi connectivity index (χ1) is 10.7. The van der Waals surface area contributed by atoms with E-state index < -0.39 is 0 Å². The molecule has 0 aliphatic heterocycles. The Labute approximate surface area is 159 Å². The van der Waals surface area contributed by atoms with Crippen LogP contribution in [0.3, 0.4) is 0 Å². The van der Waals surface area contributed by atoms with Gasteiger partial charge < -0.3 is 49.7 Å². The van der Waals surface area contributed by atoms with Gasteiger partial charge in [-0.25, -0.2) is 0 Å². The van der Waals surface area contributed by atoms with Crippen LogP contribution in [0.15, 0.2) is 34.7 Å². The summed E-state index contributed by atoms with van der Waals surface area (Å²) in [6.45, 7) is 3.05. The SMILES string of the molecule is COc1ccc(-c2ccc(CNCCNCCO)o2)cc1Cl.[Cl-].[Cl-]. The van der Waals surface area contributed by atoms with E-state index in [1.165, 1.54) is 0 Å². The van der Waals surface area contributed by atoms with Crippen LogP contribution in [-0.2, 0) is 6.54 Å². The van der Waals surface area contributed by atoms with Crippen LogP contribution in [0.25, 0.3) is 11.3 Å². The molecule has 0 fully saturated rings. The highest BCUT2D eigenvalue weighted by molar-refractivity contribution is 6.32. The molecule has 0 aliphatic rings. The van der Waals surface area contributed by atoms with Crippen LogP contribution in [0.5, 0.6) is 5.75 Å². The number of aliphatic hydroxyl groups excluding tert-OH is 1. The summed E-state index contributed by atoms with van der Waals surface area (Å²) in [5.74, 6) is 2.29. The first kappa shape index (κ1) is 23.1. The Morgan fingerprint density at radius 2 is 1.83 bits per heavy atom. The number of furan rings is 1.